The molecule has 0 radical (unpaired) electrons. The van der Waals surface area contributed by atoms with Crippen molar-refractivity contribution in [1.29, 1.82) is 0 Å². The Morgan fingerprint density at radius 3 is 2.60 bits per heavy atom. The van der Waals surface area contributed by atoms with Gasteiger partial charge in [-0.2, -0.15) is 0 Å². The fourth-order valence-corrected chi connectivity index (χ4v) is 2.47. The first-order valence-electron chi connectivity index (χ1n) is 6.02. The number of hydrogen-bond acceptors (Lipinski definition) is 4. The zero-order valence-corrected chi connectivity index (χ0v) is 11.9. The van der Waals surface area contributed by atoms with Crippen molar-refractivity contribution in [1.82, 2.24) is 10.2 Å². The van der Waals surface area contributed by atoms with Gasteiger partial charge in [-0.1, -0.05) is 12.1 Å². The summed E-state index contributed by atoms with van der Waals surface area (Å²) in [5.41, 5.74) is 0.893. The number of benzene rings is 1. The van der Waals surface area contributed by atoms with Crippen LogP contribution in [0.1, 0.15) is 18.5 Å². The number of imide groups is 1. The number of hydrogen-bond donors (Lipinski definition) is 2. The number of urea groups is 1. The second-order valence-electron chi connectivity index (χ2n) is 4.41. The van der Waals surface area contributed by atoms with E-state index in [1.54, 1.807) is 18.2 Å². The second-order valence-corrected chi connectivity index (χ2v) is 6.42. The summed E-state index contributed by atoms with van der Waals surface area (Å²) < 4.78 is 25.4. The SMILES string of the molecule is CCS(=O)(=O)Nc1cccc(C2NC(=O)N(C)C2=O)c1. The second kappa shape index (κ2) is 5.12. The summed E-state index contributed by atoms with van der Waals surface area (Å²) in [6.07, 6.45) is 0. The van der Waals surface area contributed by atoms with Gasteiger partial charge in [-0.05, 0) is 24.6 Å². The van der Waals surface area contributed by atoms with E-state index in [-0.39, 0.29) is 11.7 Å². The van der Waals surface area contributed by atoms with Crippen molar-refractivity contribution in [3.63, 3.8) is 0 Å². The van der Waals surface area contributed by atoms with E-state index in [1.165, 1.54) is 20.0 Å². The first kappa shape index (κ1) is 14.3. The van der Waals surface area contributed by atoms with E-state index < -0.39 is 22.1 Å². The lowest BCUT2D eigenvalue weighted by Crippen LogP contribution is -2.25. The monoisotopic (exact) mass is 297 g/mol. The molecule has 2 N–H and O–H groups in total. The third kappa shape index (κ3) is 2.74. The van der Waals surface area contributed by atoms with Gasteiger partial charge in [0.15, 0.2) is 0 Å². The molecular formula is C12H15N3O4S. The van der Waals surface area contributed by atoms with Crippen LogP contribution >= 0.6 is 0 Å². The lowest BCUT2D eigenvalue weighted by molar-refractivity contribution is -0.126. The fourth-order valence-electron chi connectivity index (χ4n) is 1.84. The molecule has 0 aliphatic carbocycles. The van der Waals surface area contributed by atoms with E-state index in [0.29, 0.717) is 11.3 Å². The number of anilines is 1. The van der Waals surface area contributed by atoms with Crippen molar-refractivity contribution in [2.75, 3.05) is 17.5 Å². The Labute approximate surface area is 117 Å². The molecule has 0 aromatic heterocycles. The van der Waals surface area contributed by atoms with Crippen molar-refractivity contribution < 1.29 is 18.0 Å². The van der Waals surface area contributed by atoms with Crippen LogP contribution in [0.5, 0.6) is 0 Å². The minimum atomic E-state index is -3.38. The van der Waals surface area contributed by atoms with Gasteiger partial charge in [0, 0.05) is 12.7 Å². The van der Waals surface area contributed by atoms with Crippen LogP contribution in [0.4, 0.5) is 10.5 Å². The molecule has 1 atom stereocenters. The van der Waals surface area contributed by atoms with Crippen LogP contribution in [0.25, 0.3) is 0 Å². The zero-order chi connectivity index (χ0) is 14.9. The number of nitrogens with one attached hydrogen (secondary N) is 2. The molecule has 7 nitrogen and oxygen atoms in total. The van der Waals surface area contributed by atoms with E-state index in [2.05, 4.69) is 10.0 Å². The first-order chi connectivity index (χ1) is 9.34. The van der Waals surface area contributed by atoms with Crippen LogP contribution in [0.3, 0.4) is 0 Å². The van der Waals surface area contributed by atoms with Crippen LogP contribution in [0.2, 0.25) is 0 Å². The van der Waals surface area contributed by atoms with E-state index in [1.807, 2.05) is 0 Å². The van der Waals surface area contributed by atoms with Gasteiger partial charge in [-0.25, -0.2) is 13.2 Å². The predicted octanol–water partition coefficient (Wildman–Crippen LogP) is 0.671. The number of rotatable bonds is 4. The molecule has 1 aliphatic heterocycles. The average molecular weight is 297 g/mol. The maximum atomic E-state index is 11.9. The highest BCUT2D eigenvalue weighted by Crippen LogP contribution is 2.23. The molecular weight excluding hydrogens is 282 g/mol. The van der Waals surface area contributed by atoms with Gasteiger partial charge in [0.05, 0.1) is 5.75 Å². The van der Waals surface area contributed by atoms with Gasteiger partial charge in [-0.15, -0.1) is 0 Å². The molecule has 1 aliphatic rings. The first-order valence-corrected chi connectivity index (χ1v) is 7.68. The normalized spacial score (nSPS) is 19.1. The summed E-state index contributed by atoms with van der Waals surface area (Å²) in [4.78, 5) is 24.3. The summed E-state index contributed by atoms with van der Waals surface area (Å²) in [5.74, 6) is -0.413. The van der Waals surface area contributed by atoms with Gasteiger partial charge >= 0.3 is 6.03 Å². The van der Waals surface area contributed by atoms with Gasteiger partial charge in [-0.3, -0.25) is 14.4 Å². The maximum absolute atomic E-state index is 11.9. The lowest BCUT2D eigenvalue weighted by Gasteiger charge is -2.11. The summed E-state index contributed by atoms with van der Waals surface area (Å²) in [5, 5.41) is 2.53. The van der Waals surface area contributed by atoms with Crippen LogP contribution in [-0.4, -0.2) is 38.1 Å². The minimum Gasteiger partial charge on any atom is -0.322 e. The van der Waals surface area contributed by atoms with Gasteiger partial charge < -0.3 is 5.32 Å². The highest BCUT2D eigenvalue weighted by atomic mass is 32.2. The number of carbonyl (C=O) groups is 2. The van der Waals surface area contributed by atoms with Gasteiger partial charge in [0.25, 0.3) is 5.91 Å². The Bertz CT molecular complexity index is 656. The van der Waals surface area contributed by atoms with Crippen molar-refractivity contribution >= 4 is 27.6 Å². The molecule has 20 heavy (non-hydrogen) atoms. The predicted molar refractivity (Wildman–Crippen MR) is 73.6 cm³/mol. The molecule has 1 aromatic rings. The summed E-state index contributed by atoms with van der Waals surface area (Å²) in [7, 11) is -1.99. The molecule has 1 unspecified atom stereocenters. The van der Waals surface area contributed by atoms with Gasteiger partial charge in [0.2, 0.25) is 10.0 Å². The largest absolute Gasteiger partial charge is 0.324 e. The lowest BCUT2D eigenvalue weighted by atomic mass is 10.1. The van der Waals surface area contributed by atoms with Crippen LogP contribution in [-0.2, 0) is 14.8 Å². The van der Waals surface area contributed by atoms with Crippen LogP contribution < -0.4 is 10.0 Å². The molecule has 2 rings (SSSR count). The van der Waals surface area contributed by atoms with Crippen molar-refractivity contribution in [3.8, 4) is 0 Å². The van der Waals surface area contributed by atoms with Crippen molar-refractivity contribution in [2.24, 2.45) is 0 Å². The number of likely N-dealkylation sites (N-methyl/N-ethyl adjacent to an activating group) is 1. The van der Waals surface area contributed by atoms with Gasteiger partial charge in [0.1, 0.15) is 6.04 Å². The summed E-state index contributed by atoms with van der Waals surface area (Å²) >= 11 is 0. The molecule has 1 fully saturated rings. The molecule has 3 amide bonds. The molecule has 0 saturated carbocycles. The Morgan fingerprint density at radius 1 is 1.35 bits per heavy atom. The molecule has 1 heterocycles. The third-order valence-corrected chi connectivity index (χ3v) is 4.33. The number of nitrogens with zero attached hydrogens (tertiary/aromatic N) is 1. The number of amides is 3. The van der Waals surface area contributed by atoms with Crippen LogP contribution in [0.15, 0.2) is 24.3 Å². The zero-order valence-electron chi connectivity index (χ0n) is 11.1. The Morgan fingerprint density at radius 2 is 2.05 bits per heavy atom. The van der Waals surface area contributed by atoms with E-state index in [0.717, 1.165) is 4.90 Å². The maximum Gasteiger partial charge on any atom is 0.324 e. The fraction of sp³-hybridized carbons (Fsp3) is 0.333. The molecule has 1 aromatic carbocycles. The number of sulfonamides is 1. The number of carbonyl (C=O) groups excluding carboxylic acids is 2. The molecule has 0 spiro atoms. The van der Waals surface area contributed by atoms with Crippen molar-refractivity contribution in [2.45, 2.75) is 13.0 Å². The smallest absolute Gasteiger partial charge is 0.322 e. The highest BCUT2D eigenvalue weighted by Gasteiger charge is 2.36. The topological polar surface area (TPSA) is 95.6 Å². The molecule has 0 bridgehead atoms. The Kier molecular flexibility index (Phi) is 3.67. The van der Waals surface area contributed by atoms with E-state index in [9.17, 15) is 18.0 Å². The highest BCUT2D eigenvalue weighted by molar-refractivity contribution is 7.92. The minimum absolute atomic E-state index is 0.0426. The van der Waals surface area contributed by atoms with Crippen molar-refractivity contribution in [3.05, 3.63) is 29.8 Å². The molecule has 1 saturated heterocycles. The molecule has 108 valence electrons. The van der Waals surface area contributed by atoms with Crippen LogP contribution in [0, 0.1) is 0 Å². The quantitative estimate of drug-likeness (QED) is 0.798. The third-order valence-electron chi connectivity index (χ3n) is 3.02. The standard InChI is InChI=1S/C12H15N3O4S/c1-3-20(18,19)14-9-6-4-5-8(7-9)10-11(16)15(2)12(17)13-10/h4-7,10,14H,3H2,1-2H3,(H,13,17). The molecule has 8 heteroatoms. The summed E-state index contributed by atoms with van der Waals surface area (Å²) in [6.45, 7) is 1.53. The average Bonchev–Trinajstić information content (AvgIpc) is 2.66. The Balaban J connectivity index is 2.27. The van der Waals surface area contributed by atoms with E-state index in [4.69, 9.17) is 0 Å². The summed E-state index contributed by atoms with van der Waals surface area (Å²) in [6, 6.07) is 5.15. The van der Waals surface area contributed by atoms with E-state index >= 15 is 0 Å². The Hall–Kier alpha value is -2.09.